The number of hydrogen-bond donors (Lipinski definition) is 1. The smallest absolute Gasteiger partial charge is 0.488 e. The lowest BCUT2D eigenvalue weighted by Crippen LogP contribution is -2.22. The number of aromatic nitrogens is 3. The van der Waals surface area contributed by atoms with Crippen LogP contribution < -0.4 is 14.3 Å². The summed E-state index contributed by atoms with van der Waals surface area (Å²) in [5, 5.41) is 1.78. The highest BCUT2D eigenvalue weighted by atomic mass is 32.3. The quantitative estimate of drug-likeness (QED) is 0.229. The number of pyridine rings is 2. The summed E-state index contributed by atoms with van der Waals surface area (Å²) in [5.41, 5.74) is 3.56. The second-order valence-corrected chi connectivity index (χ2v) is 10.4. The maximum atomic E-state index is 14.1. The zero-order valence-corrected chi connectivity index (χ0v) is 22.3. The van der Waals surface area contributed by atoms with Crippen molar-refractivity contribution in [2.75, 3.05) is 19.8 Å². The van der Waals surface area contributed by atoms with Crippen LogP contribution in [0.4, 0.5) is 3.89 Å². The minimum absolute atomic E-state index is 0.0229. The first-order chi connectivity index (χ1) is 19.3. The highest BCUT2D eigenvalue weighted by Crippen LogP contribution is 2.39. The standard InChI is InChI=1S/C29H24FN3O6S/c1-3-17-5-6-21-24(11-17)32-29-27(21)28(34)23-14-26(38-4-2)22(13-25(23)33(29)19-7-9-37-10-8-19)18-12-20(16-31-15-18)39-40(30,35)36/h1,5-6,11-16,19,32H,4,7-10H2,2H3. The summed E-state index contributed by atoms with van der Waals surface area (Å²) in [5.74, 6) is 2.74. The Kier molecular flexibility index (Phi) is 6.44. The first kappa shape index (κ1) is 25.9. The number of halogens is 1. The molecule has 0 saturated carbocycles. The molecule has 9 nitrogen and oxygen atoms in total. The fourth-order valence-electron chi connectivity index (χ4n) is 5.44. The summed E-state index contributed by atoms with van der Waals surface area (Å²) in [6, 6.07) is 10.4. The van der Waals surface area contributed by atoms with E-state index in [1.54, 1.807) is 6.07 Å². The van der Waals surface area contributed by atoms with E-state index in [0.29, 0.717) is 64.2 Å². The van der Waals surface area contributed by atoms with Crippen molar-refractivity contribution in [2.45, 2.75) is 25.8 Å². The largest absolute Gasteiger partial charge is 0.493 e. The second-order valence-electron chi connectivity index (χ2n) is 9.48. The van der Waals surface area contributed by atoms with E-state index in [0.717, 1.165) is 29.9 Å². The van der Waals surface area contributed by atoms with E-state index in [9.17, 15) is 17.1 Å². The van der Waals surface area contributed by atoms with Crippen LogP contribution >= 0.6 is 0 Å². The number of rotatable bonds is 6. The lowest BCUT2D eigenvalue weighted by Gasteiger charge is -2.28. The molecule has 0 radical (unpaired) electrons. The van der Waals surface area contributed by atoms with Gasteiger partial charge >= 0.3 is 10.5 Å². The molecule has 1 N–H and O–H groups in total. The Morgan fingerprint density at radius 2 is 1.98 bits per heavy atom. The fourth-order valence-corrected chi connectivity index (χ4v) is 5.76. The van der Waals surface area contributed by atoms with E-state index in [4.69, 9.17) is 15.9 Å². The van der Waals surface area contributed by atoms with Crippen LogP contribution in [0.2, 0.25) is 0 Å². The number of terminal acetylenes is 1. The summed E-state index contributed by atoms with van der Waals surface area (Å²) in [4.78, 5) is 21.5. The van der Waals surface area contributed by atoms with Gasteiger partial charge in [-0.05, 0) is 50.1 Å². The Bertz CT molecular complexity index is 2000. The number of nitrogens with one attached hydrogen (secondary N) is 1. The third kappa shape index (κ3) is 4.55. The first-order valence-electron chi connectivity index (χ1n) is 12.7. The Labute approximate surface area is 228 Å². The number of benzene rings is 2. The van der Waals surface area contributed by atoms with E-state index in [-0.39, 0.29) is 17.2 Å². The molecule has 0 amide bonds. The summed E-state index contributed by atoms with van der Waals surface area (Å²) in [7, 11) is -5.25. The number of nitrogens with zero attached hydrogens (tertiary/aromatic N) is 2. The van der Waals surface area contributed by atoms with Gasteiger partial charge in [0.15, 0.2) is 11.2 Å². The molecule has 204 valence electrons. The molecule has 0 bridgehead atoms. The minimum Gasteiger partial charge on any atom is -0.493 e. The average molecular weight is 562 g/mol. The van der Waals surface area contributed by atoms with Crippen molar-refractivity contribution in [3.05, 3.63) is 64.6 Å². The molecular weight excluding hydrogens is 537 g/mol. The van der Waals surface area contributed by atoms with E-state index in [2.05, 4.69) is 24.6 Å². The molecule has 2 aromatic carbocycles. The molecule has 4 heterocycles. The van der Waals surface area contributed by atoms with Gasteiger partial charge in [0.05, 0.1) is 29.1 Å². The molecule has 0 aliphatic carbocycles. The summed E-state index contributed by atoms with van der Waals surface area (Å²) in [6.45, 7) is 3.27. The molecule has 0 unspecified atom stereocenters. The van der Waals surface area contributed by atoms with Crippen LogP contribution in [0, 0.1) is 12.3 Å². The number of aromatic amines is 1. The van der Waals surface area contributed by atoms with Crippen LogP contribution in [0.3, 0.4) is 0 Å². The topological polar surface area (TPSA) is 113 Å². The molecule has 1 fully saturated rings. The normalized spacial score (nSPS) is 14.5. The van der Waals surface area contributed by atoms with Crippen molar-refractivity contribution in [1.29, 1.82) is 0 Å². The van der Waals surface area contributed by atoms with Crippen molar-refractivity contribution >= 4 is 43.3 Å². The molecule has 3 aromatic heterocycles. The first-order valence-corrected chi connectivity index (χ1v) is 14.0. The van der Waals surface area contributed by atoms with Gasteiger partial charge in [-0.15, -0.1) is 6.42 Å². The third-order valence-electron chi connectivity index (χ3n) is 7.09. The van der Waals surface area contributed by atoms with Gasteiger partial charge in [-0.1, -0.05) is 15.9 Å². The maximum Gasteiger partial charge on any atom is 0.488 e. The van der Waals surface area contributed by atoms with Crippen LogP contribution in [0.25, 0.3) is 44.0 Å². The number of ether oxygens (including phenoxy) is 2. The zero-order chi connectivity index (χ0) is 28.0. The van der Waals surface area contributed by atoms with E-state index >= 15 is 0 Å². The fraction of sp³-hybridized carbons (Fsp3) is 0.241. The Balaban J connectivity index is 1.70. The van der Waals surface area contributed by atoms with Crippen LogP contribution in [0.5, 0.6) is 11.5 Å². The maximum absolute atomic E-state index is 14.1. The van der Waals surface area contributed by atoms with Gasteiger partial charge < -0.3 is 23.2 Å². The van der Waals surface area contributed by atoms with Crippen LogP contribution in [-0.4, -0.2) is 42.8 Å². The zero-order valence-electron chi connectivity index (χ0n) is 21.4. The van der Waals surface area contributed by atoms with Crippen LogP contribution in [-0.2, 0) is 15.2 Å². The predicted molar refractivity (Wildman–Crippen MR) is 150 cm³/mol. The Morgan fingerprint density at radius 3 is 2.70 bits per heavy atom. The van der Waals surface area contributed by atoms with Crippen LogP contribution in [0.15, 0.2) is 53.6 Å². The molecule has 1 saturated heterocycles. The van der Waals surface area contributed by atoms with Gasteiger partial charge in [0.1, 0.15) is 11.4 Å². The predicted octanol–water partition coefficient (Wildman–Crippen LogP) is 5.02. The van der Waals surface area contributed by atoms with Crippen LogP contribution in [0.1, 0.15) is 31.4 Å². The molecule has 5 aromatic rings. The molecule has 6 rings (SSSR count). The Morgan fingerprint density at radius 1 is 1.18 bits per heavy atom. The average Bonchev–Trinajstić information content (AvgIpc) is 3.31. The van der Waals surface area contributed by atoms with Crippen molar-refractivity contribution in [1.82, 2.24) is 14.5 Å². The van der Waals surface area contributed by atoms with Gasteiger partial charge in [0.25, 0.3) is 0 Å². The van der Waals surface area contributed by atoms with Crippen molar-refractivity contribution in [2.24, 2.45) is 0 Å². The Hall–Kier alpha value is -4.40. The lowest BCUT2D eigenvalue weighted by molar-refractivity contribution is 0.0715. The summed E-state index contributed by atoms with van der Waals surface area (Å²) >= 11 is 0. The van der Waals surface area contributed by atoms with E-state index in [1.165, 1.54) is 12.3 Å². The SMILES string of the molecule is C#Cc1ccc2c(c1)[nH]c1c2c(=O)c2cc(OCC)c(-c3cncc(OS(=O)(=O)F)c3)cc2n1C1CCOCC1. The van der Waals surface area contributed by atoms with Gasteiger partial charge in [0.2, 0.25) is 0 Å². The molecule has 11 heteroatoms. The molecule has 0 atom stereocenters. The monoisotopic (exact) mass is 561 g/mol. The minimum atomic E-state index is -5.25. The number of hydrogen-bond acceptors (Lipinski definition) is 7. The molecule has 1 aliphatic heterocycles. The van der Waals surface area contributed by atoms with E-state index in [1.807, 2.05) is 31.2 Å². The molecule has 0 spiro atoms. The van der Waals surface area contributed by atoms with Crippen molar-refractivity contribution < 1.29 is 26.0 Å². The number of H-pyrrole nitrogens is 1. The molecule has 40 heavy (non-hydrogen) atoms. The molecular formula is C29H24FN3O6S. The second kappa shape index (κ2) is 9.97. The van der Waals surface area contributed by atoms with Gasteiger partial charge in [-0.25, -0.2) is 0 Å². The highest BCUT2D eigenvalue weighted by molar-refractivity contribution is 7.81. The van der Waals surface area contributed by atoms with Gasteiger partial charge in [-0.3, -0.25) is 9.78 Å². The van der Waals surface area contributed by atoms with E-state index < -0.39 is 10.5 Å². The third-order valence-corrected chi connectivity index (χ3v) is 7.48. The number of fused-ring (bicyclic) bond motifs is 4. The van der Waals surface area contributed by atoms with Crippen molar-refractivity contribution in [3.63, 3.8) is 0 Å². The highest BCUT2D eigenvalue weighted by Gasteiger charge is 2.25. The van der Waals surface area contributed by atoms with Gasteiger partial charge in [0, 0.05) is 53.0 Å². The molecule has 1 aliphatic rings. The van der Waals surface area contributed by atoms with Crippen molar-refractivity contribution in [3.8, 4) is 35.0 Å². The summed E-state index contributed by atoms with van der Waals surface area (Å²) in [6.07, 6.45) is 9.68. The van der Waals surface area contributed by atoms with Gasteiger partial charge in [-0.2, -0.15) is 8.42 Å². The lowest BCUT2D eigenvalue weighted by atomic mass is 10.00. The summed E-state index contributed by atoms with van der Waals surface area (Å²) < 4.78 is 53.5.